The zero-order valence-corrected chi connectivity index (χ0v) is 13.0. The van der Waals surface area contributed by atoms with E-state index in [1.807, 2.05) is 24.3 Å². The number of hydrogen-bond acceptors (Lipinski definition) is 2. The summed E-state index contributed by atoms with van der Waals surface area (Å²) < 4.78 is 0. The molecule has 2 N–H and O–H groups in total. The molecule has 2 rings (SSSR count). The van der Waals surface area contributed by atoms with Crippen LogP contribution in [-0.4, -0.2) is 11.0 Å². The Balaban J connectivity index is 1.73. The summed E-state index contributed by atoms with van der Waals surface area (Å²) in [7, 11) is 0. The smallest absolute Gasteiger partial charge is 0.220 e. The van der Waals surface area contributed by atoms with E-state index >= 15 is 0 Å². The second-order valence-corrected chi connectivity index (χ2v) is 5.54. The van der Waals surface area contributed by atoms with E-state index in [-0.39, 0.29) is 12.5 Å². The molecule has 0 saturated heterocycles. The van der Waals surface area contributed by atoms with Gasteiger partial charge in [-0.3, -0.25) is 4.79 Å². The minimum Gasteiger partial charge on any atom is -0.392 e. The maximum atomic E-state index is 11.9. The van der Waals surface area contributed by atoms with Gasteiger partial charge in [-0.25, -0.2) is 0 Å². The van der Waals surface area contributed by atoms with Crippen molar-refractivity contribution in [1.82, 2.24) is 5.32 Å². The maximum Gasteiger partial charge on any atom is 0.220 e. The molecule has 0 heterocycles. The topological polar surface area (TPSA) is 49.3 Å². The normalized spacial score (nSPS) is 10.5. The Morgan fingerprint density at radius 1 is 1.05 bits per heavy atom. The predicted molar refractivity (Wildman–Crippen MR) is 88.3 cm³/mol. The lowest BCUT2D eigenvalue weighted by Gasteiger charge is -2.09. The van der Waals surface area contributed by atoms with Crippen molar-refractivity contribution in [2.75, 3.05) is 0 Å². The van der Waals surface area contributed by atoms with E-state index in [9.17, 15) is 9.90 Å². The van der Waals surface area contributed by atoms with E-state index < -0.39 is 0 Å². The van der Waals surface area contributed by atoms with Crippen LogP contribution in [0.1, 0.15) is 35.1 Å². The molecule has 0 radical (unpaired) electrons. The van der Waals surface area contributed by atoms with E-state index in [1.54, 1.807) is 0 Å². The minimum atomic E-state index is -0.000528. The number of carbonyl (C=O) groups excluding carboxylic acids is 1. The third-order valence-corrected chi connectivity index (χ3v) is 3.75. The first-order valence-corrected chi connectivity index (χ1v) is 7.69. The monoisotopic (exact) mass is 297 g/mol. The van der Waals surface area contributed by atoms with Crippen LogP contribution in [0, 0.1) is 6.92 Å². The quantitative estimate of drug-likeness (QED) is 0.825. The third-order valence-electron chi connectivity index (χ3n) is 3.75. The summed E-state index contributed by atoms with van der Waals surface area (Å²) in [6.07, 6.45) is 2.28. The fraction of sp³-hybridized carbons (Fsp3) is 0.316. The van der Waals surface area contributed by atoms with Gasteiger partial charge >= 0.3 is 0 Å². The van der Waals surface area contributed by atoms with Gasteiger partial charge in [0.25, 0.3) is 0 Å². The Morgan fingerprint density at radius 3 is 2.41 bits per heavy atom. The Morgan fingerprint density at radius 2 is 1.73 bits per heavy atom. The van der Waals surface area contributed by atoms with Gasteiger partial charge in [-0.1, -0.05) is 54.1 Å². The molecule has 0 unspecified atom stereocenters. The van der Waals surface area contributed by atoms with Gasteiger partial charge in [-0.2, -0.15) is 0 Å². The Bertz CT molecular complexity index is 605. The number of aryl methyl sites for hydroxylation is 2. The van der Waals surface area contributed by atoms with Gasteiger partial charge in [0.15, 0.2) is 0 Å². The summed E-state index contributed by atoms with van der Waals surface area (Å²) >= 11 is 0. The lowest BCUT2D eigenvalue weighted by Crippen LogP contribution is -2.23. The van der Waals surface area contributed by atoms with Crippen molar-refractivity contribution in [1.29, 1.82) is 0 Å². The van der Waals surface area contributed by atoms with Gasteiger partial charge in [0.05, 0.1) is 6.61 Å². The molecule has 2 aromatic carbocycles. The molecular weight excluding hydrogens is 274 g/mol. The van der Waals surface area contributed by atoms with Crippen LogP contribution in [0.2, 0.25) is 0 Å². The zero-order valence-electron chi connectivity index (χ0n) is 13.0. The van der Waals surface area contributed by atoms with Crippen molar-refractivity contribution in [3.8, 4) is 0 Å². The van der Waals surface area contributed by atoms with Crippen molar-refractivity contribution in [2.45, 2.75) is 39.3 Å². The molecule has 0 aliphatic heterocycles. The van der Waals surface area contributed by atoms with Crippen molar-refractivity contribution in [2.24, 2.45) is 0 Å². The summed E-state index contributed by atoms with van der Waals surface area (Å²) in [4.78, 5) is 11.9. The van der Waals surface area contributed by atoms with E-state index in [1.165, 1.54) is 11.1 Å². The van der Waals surface area contributed by atoms with Crippen LogP contribution < -0.4 is 5.32 Å². The summed E-state index contributed by atoms with van der Waals surface area (Å²) in [5, 5.41) is 12.2. The second-order valence-electron chi connectivity index (χ2n) is 5.54. The maximum absolute atomic E-state index is 11.9. The molecule has 0 fully saturated rings. The van der Waals surface area contributed by atoms with Crippen molar-refractivity contribution < 1.29 is 9.90 Å². The molecule has 116 valence electrons. The second kappa shape index (κ2) is 8.35. The average molecular weight is 297 g/mol. The van der Waals surface area contributed by atoms with Crippen molar-refractivity contribution in [3.63, 3.8) is 0 Å². The molecule has 0 aliphatic carbocycles. The molecular formula is C19H23NO2. The predicted octanol–water partition coefficient (Wildman–Crippen LogP) is 3.13. The fourth-order valence-electron chi connectivity index (χ4n) is 2.37. The zero-order chi connectivity index (χ0) is 15.8. The van der Waals surface area contributed by atoms with Crippen LogP contribution in [0.5, 0.6) is 0 Å². The van der Waals surface area contributed by atoms with Crippen LogP contribution in [0.15, 0.2) is 48.5 Å². The molecule has 0 aromatic heterocycles. The highest BCUT2D eigenvalue weighted by Gasteiger charge is 2.04. The van der Waals surface area contributed by atoms with Crippen LogP contribution in [0.25, 0.3) is 0 Å². The van der Waals surface area contributed by atoms with E-state index in [0.717, 1.165) is 24.0 Å². The third kappa shape index (κ3) is 5.01. The standard InChI is InChI=1S/C19H23NO2/c1-15-9-11-16(12-10-15)5-4-8-19(22)20-13-17-6-2-3-7-18(17)14-21/h2-3,6-7,9-12,21H,4-5,8,13-14H2,1H3,(H,20,22). The van der Waals surface area contributed by atoms with E-state index in [2.05, 4.69) is 36.5 Å². The summed E-state index contributed by atoms with van der Waals surface area (Å²) in [5.41, 5.74) is 4.35. The molecule has 0 saturated carbocycles. The molecule has 22 heavy (non-hydrogen) atoms. The minimum absolute atomic E-state index is 0.000528. The largest absolute Gasteiger partial charge is 0.392 e. The molecule has 3 nitrogen and oxygen atoms in total. The number of rotatable bonds is 7. The number of nitrogens with one attached hydrogen (secondary N) is 1. The average Bonchev–Trinajstić information content (AvgIpc) is 2.55. The van der Waals surface area contributed by atoms with Crippen molar-refractivity contribution in [3.05, 3.63) is 70.8 Å². The highest BCUT2D eigenvalue weighted by molar-refractivity contribution is 5.75. The number of hydrogen-bond donors (Lipinski definition) is 2. The molecule has 0 aliphatic rings. The number of benzene rings is 2. The van der Waals surface area contributed by atoms with Crippen LogP contribution in [0.3, 0.4) is 0 Å². The number of carbonyl (C=O) groups is 1. The molecule has 0 spiro atoms. The van der Waals surface area contributed by atoms with Gasteiger partial charge in [-0.15, -0.1) is 0 Å². The van der Waals surface area contributed by atoms with Gasteiger partial charge in [0.1, 0.15) is 0 Å². The lowest BCUT2D eigenvalue weighted by molar-refractivity contribution is -0.121. The van der Waals surface area contributed by atoms with Gasteiger partial charge in [0.2, 0.25) is 5.91 Å². The number of aliphatic hydroxyl groups excluding tert-OH is 1. The summed E-state index contributed by atoms with van der Waals surface area (Å²) in [6, 6.07) is 16.0. The fourth-order valence-corrected chi connectivity index (χ4v) is 2.37. The van der Waals surface area contributed by atoms with Crippen molar-refractivity contribution >= 4 is 5.91 Å². The summed E-state index contributed by atoms with van der Waals surface area (Å²) in [5.74, 6) is 0.0554. The van der Waals surface area contributed by atoms with Gasteiger partial charge in [-0.05, 0) is 36.5 Å². The van der Waals surface area contributed by atoms with Crippen LogP contribution in [0.4, 0.5) is 0 Å². The SMILES string of the molecule is Cc1ccc(CCCC(=O)NCc2ccccc2CO)cc1. The first kappa shape index (κ1) is 16.2. The Hall–Kier alpha value is -2.13. The molecule has 2 aromatic rings. The highest BCUT2D eigenvalue weighted by Crippen LogP contribution is 2.09. The Kier molecular flexibility index (Phi) is 6.16. The molecule has 1 amide bonds. The highest BCUT2D eigenvalue weighted by atomic mass is 16.3. The number of aliphatic hydroxyl groups is 1. The Labute approximate surface area is 132 Å². The van der Waals surface area contributed by atoms with E-state index in [4.69, 9.17) is 0 Å². The summed E-state index contributed by atoms with van der Waals surface area (Å²) in [6.45, 7) is 2.54. The van der Waals surface area contributed by atoms with Crippen LogP contribution >= 0.6 is 0 Å². The first-order chi connectivity index (χ1) is 10.7. The molecule has 3 heteroatoms. The van der Waals surface area contributed by atoms with E-state index in [0.29, 0.717) is 13.0 Å². The first-order valence-electron chi connectivity index (χ1n) is 7.69. The molecule has 0 atom stereocenters. The lowest BCUT2D eigenvalue weighted by atomic mass is 10.1. The van der Waals surface area contributed by atoms with Crippen LogP contribution in [-0.2, 0) is 24.4 Å². The van der Waals surface area contributed by atoms with Gasteiger partial charge < -0.3 is 10.4 Å². The number of amides is 1. The van der Waals surface area contributed by atoms with Gasteiger partial charge in [0, 0.05) is 13.0 Å². The molecule has 0 bridgehead atoms.